The van der Waals surface area contributed by atoms with Crippen molar-refractivity contribution in [2.45, 2.75) is 18.7 Å². The zero-order chi connectivity index (χ0) is 15.6. The molecule has 0 N–H and O–H groups in total. The minimum absolute atomic E-state index is 0.0547. The Morgan fingerprint density at radius 3 is 2.43 bits per heavy atom. The maximum atomic E-state index is 11.7. The number of oxazole rings is 1. The van der Waals surface area contributed by atoms with E-state index < -0.39 is 15.8 Å². The molecule has 112 valence electrons. The van der Waals surface area contributed by atoms with Gasteiger partial charge in [0.1, 0.15) is 0 Å². The van der Waals surface area contributed by atoms with Crippen LogP contribution in [0.5, 0.6) is 0 Å². The lowest BCUT2D eigenvalue weighted by Crippen LogP contribution is -2.04. The fourth-order valence-electron chi connectivity index (χ4n) is 1.75. The van der Waals surface area contributed by atoms with E-state index in [1.165, 1.54) is 12.1 Å². The molecule has 2 rings (SSSR count). The number of carbonyl (C=O) groups excluding carboxylic acids is 1. The van der Waals surface area contributed by atoms with Gasteiger partial charge in [-0.15, -0.1) is 0 Å². The highest BCUT2D eigenvalue weighted by Gasteiger charge is 2.19. The van der Waals surface area contributed by atoms with Crippen LogP contribution in [0.2, 0.25) is 0 Å². The molecule has 21 heavy (non-hydrogen) atoms. The molecule has 0 atom stereocenters. The van der Waals surface area contributed by atoms with Gasteiger partial charge >= 0.3 is 5.97 Å². The highest BCUT2D eigenvalue weighted by Crippen LogP contribution is 2.23. The first-order valence-electron chi connectivity index (χ1n) is 6.28. The van der Waals surface area contributed by atoms with Crippen LogP contribution in [0.4, 0.5) is 0 Å². The molecule has 0 unspecified atom stereocenters. The van der Waals surface area contributed by atoms with E-state index in [1.807, 2.05) is 0 Å². The third-order valence-corrected chi connectivity index (χ3v) is 3.92. The number of sulfone groups is 1. The molecule has 0 amide bonds. The van der Waals surface area contributed by atoms with Crippen LogP contribution in [0.25, 0.3) is 11.5 Å². The summed E-state index contributed by atoms with van der Waals surface area (Å²) in [6, 6.07) is 6.09. The van der Waals surface area contributed by atoms with Crippen molar-refractivity contribution < 1.29 is 22.4 Å². The molecule has 0 spiro atoms. The molecule has 0 bridgehead atoms. The number of esters is 1. The summed E-state index contributed by atoms with van der Waals surface area (Å²) in [5.74, 6) is -0.267. The number of hydrogen-bond acceptors (Lipinski definition) is 6. The number of aryl methyl sites for hydroxylation is 1. The van der Waals surface area contributed by atoms with Gasteiger partial charge in [0.15, 0.2) is 9.84 Å². The Balaban J connectivity index is 2.35. The third-order valence-electron chi connectivity index (χ3n) is 2.79. The molecule has 2 aromatic rings. The lowest BCUT2D eigenvalue weighted by molar-refractivity contribution is 0.0490. The molecule has 0 fully saturated rings. The fourth-order valence-corrected chi connectivity index (χ4v) is 2.38. The lowest BCUT2D eigenvalue weighted by Gasteiger charge is -1.99. The van der Waals surface area contributed by atoms with Gasteiger partial charge in [0.2, 0.25) is 11.7 Å². The van der Waals surface area contributed by atoms with Crippen LogP contribution >= 0.6 is 0 Å². The quantitative estimate of drug-likeness (QED) is 0.805. The third kappa shape index (κ3) is 3.30. The molecule has 6 nitrogen and oxygen atoms in total. The first kappa shape index (κ1) is 15.2. The molecule has 0 aliphatic heterocycles. The molecule has 7 heteroatoms. The van der Waals surface area contributed by atoms with Crippen molar-refractivity contribution in [1.29, 1.82) is 0 Å². The van der Waals surface area contributed by atoms with Gasteiger partial charge in [0, 0.05) is 11.8 Å². The summed E-state index contributed by atoms with van der Waals surface area (Å²) >= 11 is 0. The van der Waals surface area contributed by atoms with Crippen LogP contribution in [0.1, 0.15) is 23.2 Å². The second-order valence-electron chi connectivity index (χ2n) is 4.45. The Morgan fingerprint density at radius 1 is 1.29 bits per heavy atom. The van der Waals surface area contributed by atoms with Gasteiger partial charge in [-0.3, -0.25) is 0 Å². The van der Waals surface area contributed by atoms with Crippen LogP contribution in [-0.2, 0) is 14.6 Å². The number of hydrogen-bond donors (Lipinski definition) is 0. The topological polar surface area (TPSA) is 86.5 Å². The van der Waals surface area contributed by atoms with Crippen LogP contribution < -0.4 is 0 Å². The zero-order valence-corrected chi connectivity index (χ0v) is 12.7. The van der Waals surface area contributed by atoms with Gasteiger partial charge in [-0.1, -0.05) is 0 Å². The predicted octanol–water partition coefficient (Wildman–Crippen LogP) is 2.23. The molecule has 0 radical (unpaired) electrons. The van der Waals surface area contributed by atoms with Crippen molar-refractivity contribution in [3.8, 4) is 11.5 Å². The molecular formula is C14H15NO5S. The fraction of sp³-hybridized carbons (Fsp3) is 0.286. The average molecular weight is 309 g/mol. The van der Waals surface area contributed by atoms with Gasteiger partial charge in [-0.05, 0) is 38.1 Å². The molecular weight excluding hydrogens is 294 g/mol. The summed E-state index contributed by atoms with van der Waals surface area (Å²) in [5, 5.41) is 0. The maximum Gasteiger partial charge on any atom is 0.376 e. The van der Waals surface area contributed by atoms with Gasteiger partial charge in [-0.2, -0.15) is 0 Å². The second-order valence-corrected chi connectivity index (χ2v) is 6.47. The van der Waals surface area contributed by atoms with Crippen molar-refractivity contribution in [2.75, 3.05) is 12.9 Å². The summed E-state index contributed by atoms with van der Waals surface area (Å²) in [4.78, 5) is 16.0. The predicted molar refractivity (Wildman–Crippen MR) is 75.7 cm³/mol. The largest absolute Gasteiger partial charge is 0.460 e. The van der Waals surface area contributed by atoms with Crippen LogP contribution in [0, 0.1) is 6.92 Å². The monoisotopic (exact) mass is 309 g/mol. The van der Waals surface area contributed by atoms with E-state index in [1.54, 1.807) is 26.0 Å². The van der Waals surface area contributed by atoms with Crippen molar-refractivity contribution in [3.63, 3.8) is 0 Å². The summed E-state index contributed by atoms with van der Waals surface area (Å²) in [5.41, 5.74) is 1.01. The molecule has 0 aliphatic rings. The first-order chi connectivity index (χ1) is 9.82. The summed E-state index contributed by atoms with van der Waals surface area (Å²) in [6.45, 7) is 3.59. The average Bonchev–Trinajstić information content (AvgIpc) is 2.80. The molecule has 0 aliphatic carbocycles. The zero-order valence-electron chi connectivity index (χ0n) is 11.9. The van der Waals surface area contributed by atoms with Crippen molar-refractivity contribution in [1.82, 2.24) is 4.98 Å². The molecule has 1 aromatic heterocycles. The Labute approximate surface area is 122 Å². The second kappa shape index (κ2) is 5.69. The van der Waals surface area contributed by atoms with E-state index in [0.717, 1.165) is 6.26 Å². The maximum absolute atomic E-state index is 11.7. The van der Waals surface area contributed by atoms with E-state index in [-0.39, 0.29) is 23.2 Å². The van der Waals surface area contributed by atoms with Gasteiger partial charge in [0.25, 0.3) is 0 Å². The summed E-state index contributed by atoms with van der Waals surface area (Å²) < 4.78 is 33.1. The standard InChI is InChI=1S/C14H15NO5S/c1-4-19-14(16)12-9(2)15-13(20-12)10-5-7-11(8-6-10)21(3,17)18/h5-8H,4H2,1-3H3. The normalized spacial score (nSPS) is 11.4. The van der Waals surface area contributed by atoms with E-state index >= 15 is 0 Å². The molecule has 0 saturated heterocycles. The Bertz CT molecular complexity index is 759. The first-order valence-corrected chi connectivity index (χ1v) is 8.17. The molecule has 0 saturated carbocycles. The van der Waals surface area contributed by atoms with E-state index in [9.17, 15) is 13.2 Å². The van der Waals surface area contributed by atoms with E-state index in [0.29, 0.717) is 11.3 Å². The van der Waals surface area contributed by atoms with Gasteiger partial charge in [-0.25, -0.2) is 18.2 Å². The highest BCUT2D eigenvalue weighted by molar-refractivity contribution is 7.90. The number of nitrogens with zero attached hydrogens (tertiary/aromatic N) is 1. The molecule has 1 aromatic carbocycles. The number of ether oxygens (including phenoxy) is 1. The van der Waals surface area contributed by atoms with Crippen molar-refractivity contribution in [2.24, 2.45) is 0 Å². The minimum atomic E-state index is -3.25. The van der Waals surface area contributed by atoms with Crippen LogP contribution in [0.15, 0.2) is 33.6 Å². The number of benzene rings is 1. The smallest absolute Gasteiger partial charge is 0.376 e. The van der Waals surface area contributed by atoms with Gasteiger partial charge in [0.05, 0.1) is 17.2 Å². The molecule has 1 heterocycles. The van der Waals surface area contributed by atoms with Crippen molar-refractivity contribution in [3.05, 3.63) is 35.7 Å². The van der Waals surface area contributed by atoms with Crippen LogP contribution in [0.3, 0.4) is 0 Å². The number of carbonyl (C=O) groups is 1. The Hall–Kier alpha value is -2.15. The Kier molecular flexibility index (Phi) is 4.13. The van der Waals surface area contributed by atoms with E-state index in [2.05, 4.69) is 4.98 Å². The minimum Gasteiger partial charge on any atom is -0.460 e. The summed E-state index contributed by atoms with van der Waals surface area (Å²) in [6.07, 6.45) is 1.14. The van der Waals surface area contributed by atoms with Crippen LogP contribution in [-0.4, -0.2) is 32.2 Å². The van der Waals surface area contributed by atoms with Crippen molar-refractivity contribution >= 4 is 15.8 Å². The van der Waals surface area contributed by atoms with E-state index in [4.69, 9.17) is 9.15 Å². The lowest BCUT2D eigenvalue weighted by atomic mass is 10.2. The SMILES string of the molecule is CCOC(=O)c1oc(-c2ccc(S(C)(=O)=O)cc2)nc1C. The Morgan fingerprint density at radius 2 is 1.90 bits per heavy atom. The number of aromatic nitrogens is 1. The summed E-state index contributed by atoms with van der Waals surface area (Å²) in [7, 11) is -3.25. The highest BCUT2D eigenvalue weighted by atomic mass is 32.2. The number of rotatable bonds is 4. The van der Waals surface area contributed by atoms with Gasteiger partial charge < -0.3 is 9.15 Å².